The van der Waals surface area contributed by atoms with Gasteiger partial charge in [0.2, 0.25) is 0 Å². The lowest BCUT2D eigenvalue weighted by molar-refractivity contribution is 0.601. The summed E-state index contributed by atoms with van der Waals surface area (Å²) in [5, 5.41) is 0. The monoisotopic (exact) mass is 301 g/mol. The van der Waals surface area contributed by atoms with Crippen LogP contribution in [-0.2, 0) is 16.4 Å². The number of allylic oxidation sites excluding steroid dienone is 1. The van der Waals surface area contributed by atoms with Gasteiger partial charge in [-0.15, -0.1) is 6.58 Å². The van der Waals surface area contributed by atoms with E-state index >= 15 is 0 Å². The summed E-state index contributed by atoms with van der Waals surface area (Å²) in [6, 6.07) is 12.5. The van der Waals surface area contributed by atoms with Gasteiger partial charge in [0.05, 0.1) is 10.6 Å². The first-order chi connectivity index (χ1) is 9.92. The summed E-state index contributed by atoms with van der Waals surface area (Å²) < 4.78 is 27.6. The zero-order chi connectivity index (χ0) is 15.5. The Bertz CT molecular complexity index is 747. The second-order valence-corrected chi connectivity index (χ2v) is 6.75. The topological polar surface area (TPSA) is 46.2 Å². The molecule has 3 nitrogen and oxygen atoms in total. The maximum Gasteiger partial charge on any atom is 0.261 e. The van der Waals surface area contributed by atoms with Gasteiger partial charge in [0.25, 0.3) is 10.0 Å². The molecule has 0 unspecified atom stereocenters. The molecule has 0 aromatic heterocycles. The van der Waals surface area contributed by atoms with Gasteiger partial charge in [0, 0.05) is 0 Å². The molecule has 1 N–H and O–H groups in total. The molecule has 0 aliphatic rings. The zero-order valence-electron chi connectivity index (χ0n) is 12.3. The Labute approximate surface area is 126 Å². The van der Waals surface area contributed by atoms with Gasteiger partial charge in [-0.3, -0.25) is 4.72 Å². The molecule has 2 aromatic rings. The SMILES string of the molecule is C=CCc1ccc(C)cc1NS(=O)(=O)c1ccc(C)cc1. The average molecular weight is 301 g/mol. The Balaban J connectivity index is 2.38. The van der Waals surface area contributed by atoms with Gasteiger partial charge in [-0.2, -0.15) is 0 Å². The van der Waals surface area contributed by atoms with Crippen LogP contribution in [0.25, 0.3) is 0 Å². The Kier molecular flexibility index (Phi) is 4.48. The van der Waals surface area contributed by atoms with Crippen LogP contribution in [0.5, 0.6) is 0 Å². The van der Waals surface area contributed by atoms with Gasteiger partial charge in [-0.25, -0.2) is 8.42 Å². The molecule has 0 amide bonds. The number of anilines is 1. The minimum Gasteiger partial charge on any atom is -0.279 e. The number of hydrogen-bond donors (Lipinski definition) is 1. The van der Waals surface area contributed by atoms with Crippen LogP contribution >= 0.6 is 0 Å². The van der Waals surface area contributed by atoms with Crippen molar-refractivity contribution in [3.8, 4) is 0 Å². The van der Waals surface area contributed by atoms with E-state index in [-0.39, 0.29) is 4.90 Å². The van der Waals surface area contributed by atoms with Gasteiger partial charge in [0.1, 0.15) is 0 Å². The van der Waals surface area contributed by atoms with Crippen LogP contribution in [0.15, 0.2) is 60.0 Å². The third-order valence-electron chi connectivity index (χ3n) is 3.21. The van der Waals surface area contributed by atoms with Gasteiger partial charge >= 0.3 is 0 Å². The molecule has 0 radical (unpaired) electrons. The lowest BCUT2D eigenvalue weighted by Crippen LogP contribution is -2.14. The first-order valence-corrected chi connectivity index (χ1v) is 8.20. The maximum atomic E-state index is 12.4. The Morgan fingerprint density at radius 2 is 1.67 bits per heavy atom. The molecule has 0 bridgehead atoms. The van der Waals surface area contributed by atoms with Crippen molar-refractivity contribution in [2.24, 2.45) is 0 Å². The normalized spacial score (nSPS) is 11.1. The van der Waals surface area contributed by atoms with Crippen LogP contribution in [0.1, 0.15) is 16.7 Å². The molecule has 0 fully saturated rings. The molecule has 0 spiro atoms. The van der Waals surface area contributed by atoms with Crippen molar-refractivity contribution in [1.82, 2.24) is 0 Å². The van der Waals surface area contributed by atoms with Crippen molar-refractivity contribution in [3.63, 3.8) is 0 Å². The molecule has 0 aliphatic heterocycles. The third kappa shape index (κ3) is 3.73. The van der Waals surface area contributed by atoms with E-state index < -0.39 is 10.0 Å². The first kappa shape index (κ1) is 15.3. The smallest absolute Gasteiger partial charge is 0.261 e. The minimum atomic E-state index is -3.57. The zero-order valence-corrected chi connectivity index (χ0v) is 13.1. The molecule has 0 aliphatic carbocycles. The van der Waals surface area contributed by atoms with E-state index in [1.807, 2.05) is 32.0 Å². The van der Waals surface area contributed by atoms with Gasteiger partial charge in [-0.1, -0.05) is 35.9 Å². The van der Waals surface area contributed by atoms with Crippen LogP contribution in [0.4, 0.5) is 5.69 Å². The third-order valence-corrected chi connectivity index (χ3v) is 4.59. The molecule has 110 valence electrons. The molecule has 2 rings (SSSR count). The van der Waals surface area contributed by atoms with E-state index in [1.165, 1.54) is 0 Å². The lowest BCUT2D eigenvalue weighted by atomic mass is 10.1. The van der Waals surface area contributed by atoms with Crippen molar-refractivity contribution in [2.75, 3.05) is 4.72 Å². The highest BCUT2D eigenvalue weighted by atomic mass is 32.2. The number of aryl methyl sites for hydroxylation is 2. The minimum absolute atomic E-state index is 0.263. The number of nitrogens with one attached hydrogen (secondary N) is 1. The van der Waals surface area contributed by atoms with Gasteiger partial charge in [0.15, 0.2) is 0 Å². The van der Waals surface area contributed by atoms with Crippen molar-refractivity contribution < 1.29 is 8.42 Å². The van der Waals surface area contributed by atoms with Crippen molar-refractivity contribution in [2.45, 2.75) is 25.2 Å². The second kappa shape index (κ2) is 6.14. The summed E-state index contributed by atoms with van der Waals surface area (Å²) in [6.07, 6.45) is 2.38. The number of sulfonamides is 1. The van der Waals surface area contributed by atoms with Crippen LogP contribution in [0, 0.1) is 13.8 Å². The van der Waals surface area contributed by atoms with E-state index in [2.05, 4.69) is 11.3 Å². The second-order valence-electron chi connectivity index (χ2n) is 5.07. The van der Waals surface area contributed by atoms with E-state index in [9.17, 15) is 8.42 Å². The highest BCUT2D eigenvalue weighted by Crippen LogP contribution is 2.22. The standard InChI is InChI=1S/C17H19NO2S/c1-4-5-15-9-6-14(3)12-17(15)18-21(19,20)16-10-7-13(2)8-11-16/h4,6-12,18H,1,5H2,2-3H3. The quantitative estimate of drug-likeness (QED) is 0.853. The van der Waals surface area contributed by atoms with E-state index in [0.29, 0.717) is 12.1 Å². The van der Waals surface area contributed by atoms with E-state index in [0.717, 1.165) is 16.7 Å². The molecule has 2 aromatic carbocycles. The molecule has 0 saturated carbocycles. The number of benzene rings is 2. The summed E-state index contributed by atoms with van der Waals surface area (Å²) in [7, 11) is -3.57. The van der Waals surface area contributed by atoms with E-state index in [4.69, 9.17) is 0 Å². The van der Waals surface area contributed by atoms with Crippen molar-refractivity contribution in [1.29, 1.82) is 0 Å². The predicted molar refractivity (Wildman–Crippen MR) is 87.1 cm³/mol. The predicted octanol–water partition coefficient (Wildman–Crippen LogP) is 3.83. The Morgan fingerprint density at radius 1 is 1.05 bits per heavy atom. The molecule has 0 atom stereocenters. The molecular formula is C17H19NO2S. The van der Waals surface area contributed by atoms with E-state index in [1.54, 1.807) is 30.3 Å². The maximum absolute atomic E-state index is 12.4. The molecule has 21 heavy (non-hydrogen) atoms. The first-order valence-electron chi connectivity index (χ1n) is 6.72. The summed E-state index contributed by atoms with van der Waals surface area (Å²) in [5.41, 5.74) is 3.54. The van der Waals surface area contributed by atoms with Crippen LogP contribution < -0.4 is 4.72 Å². The average Bonchev–Trinajstić information content (AvgIpc) is 2.42. The highest BCUT2D eigenvalue weighted by Gasteiger charge is 2.15. The molecular weight excluding hydrogens is 282 g/mol. The number of rotatable bonds is 5. The fourth-order valence-corrected chi connectivity index (χ4v) is 3.13. The fraction of sp³-hybridized carbons (Fsp3) is 0.176. The summed E-state index contributed by atoms with van der Waals surface area (Å²) >= 11 is 0. The summed E-state index contributed by atoms with van der Waals surface area (Å²) in [6.45, 7) is 7.56. The lowest BCUT2D eigenvalue weighted by Gasteiger charge is -2.13. The largest absolute Gasteiger partial charge is 0.279 e. The fourth-order valence-electron chi connectivity index (χ4n) is 2.04. The number of hydrogen-bond acceptors (Lipinski definition) is 2. The molecule has 4 heteroatoms. The summed E-state index contributed by atoms with van der Waals surface area (Å²) in [5.74, 6) is 0. The Morgan fingerprint density at radius 3 is 2.29 bits per heavy atom. The molecule has 0 heterocycles. The molecule has 0 saturated heterocycles. The summed E-state index contributed by atoms with van der Waals surface area (Å²) in [4.78, 5) is 0.263. The van der Waals surface area contributed by atoms with Crippen LogP contribution in [0.3, 0.4) is 0 Å². The van der Waals surface area contributed by atoms with Crippen molar-refractivity contribution in [3.05, 3.63) is 71.8 Å². The highest BCUT2D eigenvalue weighted by molar-refractivity contribution is 7.92. The van der Waals surface area contributed by atoms with Crippen LogP contribution in [0.2, 0.25) is 0 Å². The Hall–Kier alpha value is -2.07. The van der Waals surface area contributed by atoms with Crippen molar-refractivity contribution >= 4 is 15.7 Å². The van der Waals surface area contributed by atoms with Crippen LogP contribution in [-0.4, -0.2) is 8.42 Å². The van der Waals surface area contributed by atoms with Gasteiger partial charge < -0.3 is 0 Å². The van der Waals surface area contributed by atoms with Gasteiger partial charge in [-0.05, 0) is 49.6 Å².